The zero-order chi connectivity index (χ0) is 12.1. The lowest BCUT2D eigenvalue weighted by Crippen LogP contribution is -2.37. The van der Waals surface area contributed by atoms with Crippen molar-refractivity contribution in [1.82, 2.24) is 9.79 Å². The summed E-state index contributed by atoms with van der Waals surface area (Å²) in [4.78, 5) is 16.8. The lowest BCUT2D eigenvalue weighted by Gasteiger charge is -2.31. The van der Waals surface area contributed by atoms with Crippen molar-refractivity contribution in [3.05, 3.63) is 23.9 Å². The number of hydrogen-bond donors (Lipinski definition) is 0. The van der Waals surface area contributed by atoms with Crippen LogP contribution >= 0.6 is 0 Å². The van der Waals surface area contributed by atoms with Gasteiger partial charge in [0.25, 0.3) is 7.41 Å². The fraction of sp³-hybridized carbons (Fsp3) is 0.500. The van der Waals surface area contributed by atoms with Crippen molar-refractivity contribution in [2.24, 2.45) is 0 Å². The Morgan fingerprint density at radius 1 is 1.59 bits per heavy atom. The molecule has 1 aromatic rings. The molecule has 0 saturated carbocycles. The van der Waals surface area contributed by atoms with E-state index in [1.165, 1.54) is 5.56 Å². The second-order valence-electron chi connectivity index (χ2n) is 4.25. The molecule has 1 aliphatic rings. The molecule has 4 nitrogen and oxygen atoms in total. The van der Waals surface area contributed by atoms with Gasteiger partial charge in [0.2, 0.25) is 5.88 Å². The molecular weight excluding hydrogens is 215 g/mol. The van der Waals surface area contributed by atoms with Gasteiger partial charge in [-0.15, -0.1) is 0 Å². The number of aromatic nitrogens is 1. The smallest absolute Gasteiger partial charge is 0.293 e. The summed E-state index contributed by atoms with van der Waals surface area (Å²) in [6.45, 7) is 1.87. The first-order chi connectivity index (χ1) is 8.33. The third-order valence-electron chi connectivity index (χ3n) is 3.16. The monoisotopic (exact) mass is 231 g/mol. The van der Waals surface area contributed by atoms with E-state index in [0.29, 0.717) is 11.8 Å². The highest BCUT2D eigenvalue weighted by Crippen LogP contribution is 2.26. The highest BCUT2D eigenvalue weighted by atomic mass is 16.5. The standard InChI is InChI=1S/C12H16BN2O2/c1-17-12-5-4-10(7-14-12)11-3-2-6-15(8-11)13-9-16/h4-5,7,9,11H,2-3,6,8H2,1H3. The highest BCUT2D eigenvalue weighted by Gasteiger charge is 2.21. The fourth-order valence-electron chi connectivity index (χ4n) is 2.25. The van der Waals surface area contributed by atoms with Crippen molar-refractivity contribution >= 4 is 13.6 Å². The number of carbonyl (C=O) groups is 1. The minimum Gasteiger partial charge on any atom is -0.481 e. The lowest BCUT2D eigenvalue weighted by atomic mass is 9.84. The summed E-state index contributed by atoms with van der Waals surface area (Å²) in [5.74, 6) is 1.10. The van der Waals surface area contributed by atoms with Gasteiger partial charge >= 0.3 is 0 Å². The Hall–Kier alpha value is -1.36. The molecule has 1 radical (unpaired) electrons. The number of ether oxygens (including phenoxy) is 1. The average molecular weight is 231 g/mol. The van der Waals surface area contributed by atoms with Crippen molar-refractivity contribution < 1.29 is 9.53 Å². The van der Waals surface area contributed by atoms with E-state index < -0.39 is 0 Å². The summed E-state index contributed by atoms with van der Waals surface area (Å²) in [7, 11) is 3.24. The molecule has 0 amide bonds. The largest absolute Gasteiger partial charge is 0.481 e. The Morgan fingerprint density at radius 2 is 2.47 bits per heavy atom. The Balaban J connectivity index is 2.02. The molecule has 5 heteroatoms. The number of carbonyl (C=O) groups excluding carboxylic acids is 1. The zero-order valence-electron chi connectivity index (χ0n) is 10.0. The predicted octanol–water partition coefficient (Wildman–Crippen LogP) is 1.08. The van der Waals surface area contributed by atoms with E-state index in [0.717, 1.165) is 32.1 Å². The predicted molar refractivity (Wildman–Crippen MR) is 66.8 cm³/mol. The second kappa shape index (κ2) is 5.82. The normalized spacial score (nSPS) is 20.9. The van der Waals surface area contributed by atoms with Crippen LogP contribution < -0.4 is 4.74 Å². The zero-order valence-corrected chi connectivity index (χ0v) is 10.0. The minimum absolute atomic E-state index is 0.457. The molecule has 0 spiro atoms. The number of methoxy groups -OCH3 is 1. The second-order valence-corrected chi connectivity index (χ2v) is 4.25. The first-order valence-corrected chi connectivity index (χ1v) is 5.86. The quantitative estimate of drug-likeness (QED) is 0.574. The van der Waals surface area contributed by atoms with Crippen LogP contribution in [0.3, 0.4) is 0 Å². The van der Waals surface area contributed by atoms with Crippen LogP contribution in [0.4, 0.5) is 0 Å². The topological polar surface area (TPSA) is 42.4 Å². The van der Waals surface area contributed by atoms with E-state index >= 15 is 0 Å². The van der Waals surface area contributed by atoms with Crippen LogP contribution in [-0.4, -0.2) is 43.6 Å². The van der Waals surface area contributed by atoms with Crippen LogP contribution in [0.25, 0.3) is 0 Å². The van der Waals surface area contributed by atoms with E-state index in [9.17, 15) is 4.79 Å². The van der Waals surface area contributed by atoms with Gasteiger partial charge < -0.3 is 14.3 Å². The summed E-state index contributed by atoms with van der Waals surface area (Å²) >= 11 is 0. The van der Waals surface area contributed by atoms with E-state index in [2.05, 4.69) is 15.9 Å². The molecule has 0 bridgehead atoms. The molecule has 1 unspecified atom stereocenters. The molecule has 2 heterocycles. The summed E-state index contributed by atoms with van der Waals surface area (Å²) in [5, 5.41) is 0. The molecule has 0 N–H and O–H groups in total. The maximum atomic E-state index is 10.5. The molecule has 17 heavy (non-hydrogen) atoms. The Labute approximate surface area is 102 Å². The van der Waals surface area contributed by atoms with E-state index in [4.69, 9.17) is 4.74 Å². The molecule has 89 valence electrons. The lowest BCUT2D eigenvalue weighted by molar-refractivity contribution is 0.326. The van der Waals surface area contributed by atoms with Crippen molar-refractivity contribution in [2.45, 2.75) is 18.8 Å². The van der Waals surface area contributed by atoms with Gasteiger partial charge in [0.05, 0.1) is 13.3 Å². The molecule has 1 atom stereocenters. The van der Waals surface area contributed by atoms with Gasteiger partial charge in [0.1, 0.15) is 0 Å². The Kier molecular flexibility index (Phi) is 4.15. The Bertz CT molecular complexity index is 369. The van der Waals surface area contributed by atoms with E-state index in [1.54, 1.807) is 14.5 Å². The third kappa shape index (κ3) is 3.06. The van der Waals surface area contributed by atoms with Gasteiger partial charge in [-0.2, -0.15) is 0 Å². The van der Waals surface area contributed by atoms with Gasteiger partial charge in [-0.1, -0.05) is 6.07 Å². The maximum Gasteiger partial charge on any atom is 0.293 e. The molecular formula is C12H16BN2O2. The van der Waals surface area contributed by atoms with Crippen LogP contribution in [0.5, 0.6) is 5.88 Å². The van der Waals surface area contributed by atoms with Crippen LogP contribution in [0.2, 0.25) is 0 Å². The first-order valence-electron chi connectivity index (χ1n) is 5.86. The number of rotatable bonds is 4. The van der Waals surface area contributed by atoms with Gasteiger partial charge in [0, 0.05) is 12.3 Å². The molecule has 1 aliphatic heterocycles. The number of piperidine rings is 1. The molecule has 1 saturated heterocycles. The highest BCUT2D eigenvalue weighted by molar-refractivity contribution is 6.64. The molecule has 0 aliphatic carbocycles. The van der Waals surface area contributed by atoms with Crippen LogP contribution in [-0.2, 0) is 4.79 Å². The van der Waals surface area contributed by atoms with Crippen molar-refractivity contribution in [3.63, 3.8) is 0 Å². The molecule has 1 fully saturated rings. The number of hydrogen-bond acceptors (Lipinski definition) is 4. The van der Waals surface area contributed by atoms with Crippen LogP contribution in [0, 0.1) is 0 Å². The van der Waals surface area contributed by atoms with Crippen LogP contribution in [0.15, 0.2) is 18.3 Å². The number of pyridine rings is 1. The number of nitrogens with zero attached hydrogens (tertiary/aromatic N) is 2. The van der Waals surface area contributed by atoms with Gasteiger partial charge in [-0.3, -0.25) is 0 Å². The maximum absolute atomic E-state index is 10.5. The fourth-order valence-corrected chi connectivity index (χ4v) is 2.25. The average Bonchev–Trinajstić information content (AvgIpc) is 2.40. The van der Waals surface area contributed by atoms with Crippen molar-refractivity contribution in [2.75, 3.05) is 20.2 Å². The van der Waals surface area contributed by atoms with Crippen LogP contribution in [0.1, 0.15) is 24.3 Å². The van der Waals surface area contributed by atoms with Crippen molar-refractivity contribution in [1.29, 1.82) is 0 Å². The Morgan fingerprint density at radius 3 is 3.12 bits per heavy atom. The van der Waals surface area contributed by atoms with E-state index in [1.807, 2.05) is 12.3 Å². The summed E-state index contributed by atoms with van der Waals surface area (Å²) in [6, 6.07) is 3.94. The molecule has 1 aromatic heterocycles. The van der Waals surface area contributed by atoms with Gasteiger partial charge in [0.15, 0.2) is 0 Å². The third-order valence-corrected chi connectivity index (χ3v) is 3.16. The SMILES string of the molecule is COc1ccc(C2CCCN([B]C=O)C2)cn1. The summed E-state index contributed by atoms with van der Waals surface area (Å²) in [6.07, 6.45) is 4.99. The summed E-state index contributed by atoms with van der Waals surface area (Å²) < 4.78 is 5.04. The molecule has 2 rings (SSSR count). The minimum atomic E-state index is 0.457. The van der Waals surface area contributed by atoms with Gasteiger partial charge in [-0.05, 0) is 37.4 Å². The molecule has 0 aromatic carbocycles. The van der Waals surface area contributed by atoms with Crippen molar-refractivity contribution in [3.8, 4) is 5.88 Å². The first kappa shape index (κ1) is 12.1. The van der Waals surface area contributed by atoms with Gasteiger partial charge in [-0.25, -0.2) is 4.98 Å². The summed E-state index contributed by atoms with van der Waals surface area (Å²) in [5.41, 5.74) is 1.22. The van der Waals surface area contributed by atoms with E-state index in [-0.39, 0.29) is 0 Å².